The summed E-state index contributed by atoms with van der Waals surface area (Å²) >= 11 is 0. The van der Waals surface area contributed by atoms with Crippen LogP contribution in [0.3, 0.4) is 0 Å². The lowest BCUT2D eigenvalue weighted by molar-refractivity contribution is -0.137. The van der Waals surface area contributed by atoms with Gasteiger partial charge in [0, 0.05) is 24.6 Å². The summed E-state index contributed by atoms with van der Waals surface area (Å²) in [4.78, 5) is 24.0. The van der Waals surface area contributed by atoms with Crippen LogP contribution in [-0.2, 0) is 17.6 Å². The highest BCUT2D eigenvalue weighted by atomic mass is 16.4. The zero-order valence-corrected chi connectivity index (χ0v) is 16.4. The number of fused-ring (bicyclic) bond motifs is 1. The minimum absolute atomic E-state index is 0.00368. The molecule has 0 aromatic carbocycles. The van der Waals surface area contributed by atoms with Gasteiger partial charge in [-0.25, -0.2) is 15.0 Å². The number of aromatic nitrogens is 3. The van der Waals surface area contributed by atoms with Crippen molar-refractivity contribution in [3.8, 4) is 0 Å². The number of aliphatic carboxylic acids is 1. The van der Waals surface area contributed by atoms with E-state index in [1.807, 2.05) is 0 Å². The van der Waals surface area contributed by atoms with Crippen LogP contribution >= 0.6 is 0 Å². The lowest BCUT2D eigenvalue weighted by Gasteiger charge is -2.14. The number of anilines is 1. The van der Waals surface area contributed by atoms with Crippen LogP contribution in [0.4, 0.5) is 5.82 Å². The Morgan fingerprint density at radius 3 is 2.75 bits per heavy atom. The summed E-state index contributed by atoms with van der Waals surface area (Å²) in [6.45, 7) is 1.02. The molecule has 1 atom stereocenters. The Balaban J connectivity index is 1.39. The number of hydrogen-bond donors (Lipinski definition) is 2. The number of nitrogens with one attached hydrogen (secondary N) is 1. The predicted octanol–water partition coefficient (Wildman–Crippen LogP) is 4.37. The largest absolute Gasteiger partial charge is 0.481 e. The van der Waals surface area contributed by atoms with E-state index < -0.39 is 5.97 Å². The molecule has 0 saturated carbocycles. The standard InChI is InChI=1S/C22H30N4O2/c27-21(28)13-18(19-14-23-16-24-15-19)8-3-1-2-4-9-20-11-10-17-7-5-6-12-25-22(17)26-20/h10-11,14-16,18H,1-9,12-13H2,(H,25,26)(H,27,28)/t18-/m1/s1. The maximum Gasteiger partial charge on any atom is 0.303 e. The lowest BCUT2D eigenvalue weighted by atomic mass is 9.92. The second-order valence-corrected chi connectivity index (χ2v) is 7.61. The predicted molar refractivity (Wildman–Crippen MR) is 109 cm³/mol. The topological polar surface area (TPSA) is 88.0 Å². The lowest BCUT2D eigenvalue weighted by Crippen LogP contribution is -2.07. The molecule has 0 saturated heterocycles. The van der Waals surface area contributed by atoms with Crippen molar-refractivity contribution >= 4 is 11.8 Å². The summed E-state index contributed by atoms with van der Waals surface area (Å²) in [6, 6.07) is 4.40. The van der Waals surface area contributed by atoms with Gasteiger partial charge < -0.3 is 10.4 Å². The molecule has 0 unspecified atom stereocenters. The van der Waals surface area contributed by atoms with Gasteiger partial charge in [-0.05, 0) is 61.6 Å². The van der Waals surface area contributed by atoms with Crippen LogP contribution in [0.2, 0.25) is 0 Å². The number of hydrogen-bond acceptors (Lipinski definition) is 5. The van der Waals surface area contributed by atoms with Crippen molar-refractivity contribution in [1.29, 1.82) is 0 Å². The molecule has 3 heterocycles. The van der Waals surface area contributed by atoms with E-state index in [0.717, 1.165) is 62.9 Å². The zero-order chi connectivity index (χ0) is 19.6. The normalized spacial score (nSPS) is 14.6. The summed E-state index contributed by atoms with van der Waals surface area (Å²) in [5.41, 5.74) is 3.43. The fourth-order valence-electron chi connectivity index (χ4n) is 3.84. The van der Waals surface area contributed by atoms with E-state index >= 15 is 0 Å². The van der Waals surface area contributed by atoms with Crippen molar-refractivity contribution in [2.45, 2.75) is 70.1 Å². The molecule has 28 heavy (non-hydrogen) atoms. The number of aryl methyl sites for hydroxylation is 2. The van der Waals surface area contributed by atoms with Crippen molar-refractivity contribution in [2.75, 3.05) is 11.9 Å². The molecule has 0 amide bonds. The van der Waals surface area contributed by atoms with E-state index in [-0.39, 0.29) is 12.3 Å². The Morgan fingerprint density at radius 1 is 1.11 bits per heavy atom. The molecule has 2 aromatic rings. The quantitative estimate of drug-likeness (QED) is 0.593. The number of pyridine rings is 1. The highest BCUT2D eigenvalue weighted by Crippen LogP contribution is 2.25. The summed E-state index contributed by atoms with van der Waals surface area (Å²) in [5.74, 6) is 0.310. The van der Waals surface area contributed by atoms with Gasteiger partial charge in [-0.3, -0.25) is 4.79 Å². The minimum atomic E-state index is -0.767. The first-order valence-corrected chi connectivity index (χ1v) is 10.4. The molecule has 0 spiro atoms. The van der Waals surface area contributed by atoms with Crippen LogP contribution in [0.5, 0.6) is 0 Å². The smallest absolute Gasteiger partial charge is 0.303 e. The average Bonchev–Trinajstić information content (AvgIpc) is 2.95. The van der Waals surface area contributed by atoms with Crippen LogP contribution in [-0.4, -0.2) is 32.6 Å². The third kappa shape index (κ3) is 6.29. The molecule has 0 fully saturated rings. The van der Waals surface area contributed by atoms with Gasteiger partial charge >= 0.3 is 5.97 Å². The Kier molecular flexibility index (Phi) is 7.76. The van der Waals surface area contributed by atoms with Gasteiger partial charge in [0.15, 0.2) is 0 Å². The van der Waals surface area contributed by atoms with Crippen LogP contribution in [0, 0.1) is 0 Å². The Hall–Kier alpha value is -2.50. The van der Waals surface area contributed by atoms with E-state index in [4.69, 9.17) is 10.1 Å². The molecule has 0 bridgehead atoms. The van der Waals surface area contributed by atoms with Crippen LogP contribution in [0.15, 0.2) is 30.9 Å². The number of unbranched alkanes of at least 4 members (excludes halogenated alkanes) is 3. The molecule has 3 rings (SSSR count). The molecule has 1 aliphatic heterocycles. The van der Waals surface area contributed by atoms with E-state index in [2.05, 4.69) is 27.4 Å². The molecule has 2 N–H and O–H groups in total. The summed E-state index contributed by atoms with van der Waals surface area (Å²) in [7, 11) is 0. The van der Waals surface area contributed by atoms with Gasteiger partial charge in [-0.2, -0.15) is 0 Å². The molecule has 2 aromatic heterocycles. The number of rotatable bonds is 10. The number of nitrogens with zero attached hydrogens (tertiary/aromatic N) is 3. The Labute approximate surface area is 166 Å². The Morgan fingerprint density at radius 2 is 1.93 bits per heavy atom. The van der Waals surface area contributed by atoms with E-state index in [1.165, 1.54) is 30.4 Å². The van der Waals surface area contributed by atoms with Crippen molar-refractivity contribution in [3.05, 3.63) is 47.7 Å². The minimum Gasteiger partial charge on any atom is -0.481 e. The van der Waals surface area contributed by atoms with Crippen molar-refractivity contribution < 1.29 is 9.90 Å². The summed E-state index contributed by atoms with van der Waals surface area (Å²) < 4.78 is 0. The van der Waals surface area contributed by atoms with Crippen molar-refractivity contribution in [3.63, 3.8) is 0 Å². The molecule has 150 valence electrons. The average molecular weight is 383 g/mol. The first-order valence-electron chi connectivity index (χ1n) is 10.4. The number of carboxylic acids is 1. The zero-order valence-electron chi connectivity index (χ0n) is 16.4. The monoisotopic (exact) mass is 382 g/mol. The van der Waals surface area contributed by atoms with Gasteiger partial charge in [0.2, 0.25) is 0 Å². The van der Waals surface area contributed by atoms with Gasteiger partial charge in [0.1, 0.15) is 12.1 Å². The first-order chi connectivity index (χ1) is 13.7. The second-order valence-electron chi connectivity index (χ2n) is 7.61. The molecule has 1 aliphatic rings. The molecular weight excluding hydrogens is 352 g/mol. The van der Waals surface area contributed by atoms with Gasteiger partial charge in [-0.1, -0.05) is 25.3 Å². The molecule has 6 heteroatoms. The summed E-state index contributed by atoms with van der Waals surface area (Å²) in [6.07, 6.45) is 14.9. The number of carbonyl (C=O) groups is 1. The van der Waals surface area contributed by atoms with Gasteiger partial charge in [-0.15, -0.1) is 0 Å². The molecule has 0 aliphatic carbocycles. The molecular formula is C22H30N4O2. The van der Waals surface area contributed by atoms with Crippen LogP contribution in [0.25, 0.3) is 0 Å². The second kappa shape index (κ2) is 10.7. The fraction of sp³-hybridized carbons (Fsp3) is 0.545. The van der Waals surface area contributed by atoms with E-state index in [1.54, 1.807) is 12.4 Å². The van der Waals surface area contributed by atoms with Crippen LogP contribution in [0.1, 0.15) is 74.1 Å². The third-order valence-electron chi connectivity index (χ3n) is 5.41. The van der Waals surface area contributed by atoms with Gasteiger partial charge in [0.05, 0.1) is 6.42 Å². The maximum atomic E-state index is 11.1. The summed E-state index contributed by atoms with van der Waals surface area (Å²) in [5, 5.41) is 12.6. The molecule has 0 radical (unpaired) electrons. The fourth-order valence-corrected chi connectivity index (χ4v) is 3.84. The molecule has 6 nitrogen and oxygen atoms in total. The maximum absolute atomic E-state index is 11.1. The number of carboxylic acid groups (broad SMARTS) is 1. The van der Waals surface area contributed by atoms with E-state index in [9.17, 15) is 4.79 Å². The van der Waals surface area contributed by atoms with Crippen molar-refractivity contribution in [1.82, 2.24) is 15.0 Å². The highest BCUT2D eigenvalue weighted by molar-refractivity contribution is 5.68. The van der Waals surface area contributed by atoms with Gasteiger partial charge in [0.25, 0.3) is 0 Å². The van der Waals surface area contributed by atoms with Crippen molar-refractivity contribution in [2.24, 2.45) is 0 Å². The van der Waals surface area contributed by atoms with E-state index in [0.29, 0.717) is 0 Å². The SMILES string of the molecule is O=C(O)C[C@@H](CCCCCCc1ccc2c(n1)NCCCC2)c1cncnc1. The first kappa shape index (κ1) is 20.2. The third-order valence-corrected chi connectivity index (χ3v) is 5.41. The highest BCUT2D eigenvalue weighted by Gasteiger charge is 2.16. The van der Waals surface area contributed by atoms with Crippen LogP contribution < -0.4 is 5.32 Å². The Bertz CT molecular complexity index is 751.